The van der Waals surface area contributed by atoms with Gasteiger partial charge in [-0.15, -0.1) is 0 Å². The lowest BCUT2D eigenvalue weighted by Gasteiger charge is -2.14. The first kappa shape index (κ1) is 25.9. The van der Waals surface area contributed by atoms with Gasteiger partial charge in [0.1, 0.15) is 16.5 Å². The second-order valence-electron chi connectivity index (χ2n) is 7.21. The number of nitrogens with one attached hydrogen (secondary N) is 1. The number of nitriles is 1. The Bertz CT molecular complexity index is 1220. The molecular weight excluding hydrogens is 468 g/mol. The highest BCUT2D eigenvalue weighted by molar-refractivity contribution is 7.89. The maximum absolute atomic E-state index is 12.3. The standard InChI is InChI=1S/C22H23ClN4O5S/c1-26(2)18-8-5-15(6-9-18)11-16(13-24)22(29)32-14-21(28)25-17-7-10-19(23)20(12-17)33(30,31)27(3)4/h5-12H,14H2,1-4H3,(H,25,28)/b16-11+. The van der Waals surface area contributed by atoms with E-state index in [1.807, 2.05) is 31.1 Å². The number of sulfonamides is 1. The molecule has 0 fully saturated rings. The zero-order chi connectivity index (χ0) is 24.8. The molecule has 33 heavy (non-hydrogen) atoms. The fourth-order valence-electron chi connectivity index (χ4n) is 2.55. The number of amides is 1. The Kier molecular flexibility index (Phi) is 8.59. The van der Waals surface area contributed by atoms with E-state index in [1.165, 1.54) is 38.4 Å². The van der Waals surface area contributed by atoms with Crippen molar-refractivity contribution in [3.63, 3.8) is 0 Å². The summed E-state index contributed by atoms with van der Waals surface area (Å²) in [6, 6.07) is 12.9. The Labute approximate surface area is 197 Å². The maximum atomic E-state index is 12.3. The molecule has 0 aliphatic carbocycles. The second kappa shape index (κ2) is 11.0. The number of carbonyl (C=O) groups excluding carboxylic acids is 2. The van der Waals surface area contributed by atoms with Gasteiger partial charge in [0.2, 0.25) is 10.0 Å². The Morgan fingerprint density at radius 1 is 1.12 bits per heavy atom. The average molecular weight is 491 g/mol. The van der Waals surface area contributed by atoms with Crippen molar-refractivity contribution >= 4 is 51.0 Å². The van der Waals surface area contributed by atoms with Crippen LogP contribution in [-0.4, -0.2) is 59.4 Å². The number of hydrogen-bond donors (Lipinski definition) is 1. The predicted molar refractivity (Wildman–Crippen MR) is 126 cm³/mol. The van der Waals surface area contributed by atoms with E-state index in [2.05, 4.69) is 5.32 Å². The third kappa shape index (κ3) is 6.79. The summed E-state index contributed by atoms with van der Waals surface area (Å²) >= 11 is 5.98. The number of benzene rings is 2. The van der Waals surface area contributed by atoms with E-state index >= 15 is 0 Å². The zero-order valence-electron chi connectivity index (χ0n) is 18.5. The lowest BCUT2D eigenvalue weighted by atomic mass is 10.1. The first-order valence-electron chi connectivity index (χ1n) is 9.54. The Morgan fingerprint density at radius 3 is 2.30 bits per heavy atom. The summed E-state index contributed by atoms with van der Waals surface area (Å²) in [7, 11) is 2.66. The summed E-state index contributed by atoms with van der Waals surface area (Å²) in [4.78, 5) is 26.1. The van der Waals surface area contributed by atoms with E-state index in [-0.39, 0.29) is 21.2 Å². The van der Waals surface area contributed by atoms with Crippen LogP contribution < -0.4 is 10.2 Å². The Balaban J connectivity index is 2.05. The molecule has 0 aliphatic rings. The summed E-state index contributed by atoms with van der Waals surface area (Å²) in [6.45, 7) is -0.671. The Hall–Kier alpha value is -3.39. The SMILES string of the molecule is CN(C)c1ccc(/C=C(\C#N)C(=O)OCC(=O)Nc2ccc(Cl)c(S(=O)(=O)N(C)C)c2)cc1. The number of ether oxygens (including phenoxy) is 1. The number of nitrogens with zero attached hydrogens (tertiary/aromatic N) is 3. The second-order valence-corrected chi connectivity index (χ2v) is 9.74. The largest absolute Gasteiger partial charge is 0.451 e. The molecule has 0 aliphatic heterocycles. The van der Waals surface area contributed by atoms with Gasteiger partial charge >= 0.3 is 5.97 Å². The molecule has 0 spiro atoms. The van der Waals surface area contributed by atoms with Crippen LogP contribution in [0.25, 0.3) is 6.08 Å². The van der Waals surface area contributed by atoms with Gasteiger partial charge in [0.25, 0.3) is 5.91 Å². The monoisotopic (exact) mass is 490 g/mol. The molecule has 1 N–H and O–H groups in total. The van der Waals surface area contributed by atoms with Crippen LogP contribution in [0.5, 0.6) is 0 Å². The first-order valence-corrected chi connectivity index (χ1v) is 11.4. The topological polar surface area (TPSA) is 120 Å². The minimum absolute atomic E-state index is 0.00413. The van der Waals surface area contributed by atoms with Gasteiger partial charge in [-0.25, -0.2) is 17.5 Å². The lowest BCUT2D eigenvalue weighted by molar-refractivity contribution is -0.142. The molecule has 0 saturated heterocycles. The highest BCUT2D eigenvalue weighted by Gasteiger charge is 2.22. The van der Waals surface area contributed by atoms with Crippen molar-refractivity contribution in [1.29, 1.82) is 5.26 Å². The van der Waals surface area contributed by atoms with E-state index in [9.17, 15) is 23.3 Å². The van der Waals surface area contributed by atoms with E-state index in [0.29, 0.717) is 5.56 Å². The van der Waals surface area contributed by atoms with Crippen LogP contribution in [0.2, 0.25) is 5.02 Å². The quantitative estimate of drug-likeness (QED) is 0.343. The zero-order valence-corrected chi connectivity index (χ0v) is 20.1. The molecule has 0 atom stereocenters. The summed E-state index contributed by atoms with van der Waals surface area (Å²) in [5.41, 5.74) is 1.45. The summed E-state index contributed by atoms with van der Waals surface area (Å²) in [6.07, 6.45) is 1.36. The van der Waals surface area contributed by atoms with Crippen LogP contribution in [0, 0.1) is 11.3 Å². The third-order valence-electron chi connectivity index (χ3n) is 4.37. The molecule has 1 amide bonds. The van der Waals surface area contributed by atoms with Crippen LogP contribution in [0.3, 0.4) is 0 Å². The van der Waals surface area contributed by atoms with Gasteiger partial charge in [-0.1, -0.05) is 23.7 Å². The smallest absolute Gasteiger partial charge is 0.349 e. The first-order chi connectivity index (χ1) is 15.4. The molecule has 0 saturated carbocycles. The van der Waals surface area contributed by atoms with Gasteiger partial charge in [0.05, 0.1) is 5.02 Å². The van der Waals surface area contributed by atoms with Gasteiger partial charge < -0.3 is 15.0 Å². The highest BCUT2D eigenvalue weighted by Crippen LogP contribution is 2.26. The molecule has 174 valence electrons. The van der Waals surface area contributed by atoms with Gasteiger partial charge in [-0.05, 0) is 42.0 Å². The average Bonchev–Trinajstić information content (AvgIpc) is 2.77. The van der Waals surface area contributed by atoms with Crippen LogP contribution in [0.4, 0.5) is 11.4 Å². The molecule has 9 nitrogen and oxygen atoms in total. The fraction of sp³-hybridized carbons (Fsp3) is 0.227. The molecule has 0 heterocycles. The van der Waals surface area contributed by atoms with Crippen LogP contribution in [0.1, 0.15) is 5.56 Å². The molecule has 2 aromatic rings. The molecule has 0 radical (unpaired) electrons. The molecule has 2 aromatic carbocycles. The van der Waals surface area contributed by atoms with Crippen molar-refractivity contribution in [2.75, 3.05) is 45.0 Å². The predicted octanol–water partition coefficient (Wildman–Crippen LogP) is 2.75. The highest BCUT2D eigenvalue weighted by atomic mass is 35.5. The van der Waals surface area contributed by atoms with Crippen LogP contribution in [-0.2, 0) is 24.3 Å². The van der Waals surface area contributed by atoms with Crippen molar-refractivity contribution in [2.45, 2.75) is 4.90 Å². The fourth-order valence-corrected chi connectivity index (χ4v) is 3.95. The van der Waals surface area contributed by atoms with E-state index in [4.69, 9.17) is 16.3 Å². The number of esters is 1. The van der Waals surface area contributed by atoms with E-state index in [0.717, 1.165) is 9.99 Å². The van der Waals surface area contributed by atoms with Crippen molar-refractivity contribution < 1.29 is 22.7 Å². The normalized spacial score (nSPS) is 11.6. The molecule has 2 rings (SSSR count). The number of hydrogen-bond acceptors (Lipinski definition) is 7. The maximum Gasteiger partial charge on any atom is 0.349 e. The minimum atomic E-state index is -3.83. The number of rotatable bonds is 8. The van der Waals surface area contributed by atoms with Crippen LogP contribution >= 0.6 is 11.6 Å². The summed E-state index contributed by atoms with van der Waals surface area (Å²) < 4.78 is 30.6. The number of carbonyl (C=O) groups is 2. The van der Waals surface area contributed by atoms with E-state index < -0.39 is 28.5 Å². The van der Waals surface area contributed by atoms with Gasteiger partial charge in [-0.3, -0.25) is 4.79 Å². The van der Waals surface area contributed by atoms with Crippen LogP contribution in [0.15, 0.2) is 52.9 Å². The lowest BCUT2D eigenvalue weighted by Crippen LogP contribution is -2.24. The van der Waals surface area contributed by atoms with Gasteiger partial charge in [0, 0.05) is 39.6 Å². The third-order valence-corrected chi connectivity index (χ3v) is 6.67. The van der Waals surface area contributed by atoms with E-state index in [1.54, 1.807) is 18.2 Å². The van der Waals surface area contributed by atoms with Gasteiger partial charge in [0.15, 0.2) is 6.61 Å². The number of halogens is 1. The van der Waals surface area contributed by atoms with Crippen molar-refractivity contribution in [3.05, 3.63) is 58.6 Å². The Morgan fingerprint density at radius 2 is 1.76 bits per heavy atom. The van der Waals surface area contributed by atoms with Crippen molar-refractivity contribution in [2.24, 2.45) is 0 Å². The molecule has 0 aromatic heterocycles. The molecule has 11 heteroatoms. The molecule has 0 unspecified atom stereocenters. The molecule has 0 bridgehead atoms. The summed E-state index contributed by atoms with van der Waals surface area (Å²) in [5.74, 6) is -1.68. The minimum Gasteiger partial charge on any atom is -0.451 e. The van der Waals surface area contributed by atoms with Crippen molar-refractivity contribution in [1.82, 2.24) is 4.31 Å². The number of anilines is 2. The van der Waals surface area contributed by atoms with Gasteiger partial charge in [-0.2, -0.15) is 5.26 Å². The van der Waals surface area contributed by atoms with Crippen molar-refractivity contribution in [3.8, 4) is 6.07 Å². The molecular formula is C22H23ClN4O5S. The summed E-state index contributed by atoms with van der Waals surface area (Å²) in [5, 5.41) is 11.7.